The van der Waals surface area contributed by atoms with Crippen molar-refractivity contribution in [1.29, 1.82) is 0 Å². The van der Waals surface area contributed by atoms with Gasteiger partial charge in [0.1, 0.15) is 12.4 Å². The first kappa shape index (κ1) is 18.1. The zero-order chi connectivity index (χ0) is 17.5. The average Bonchev–Trinajstić information content (AvgIpc) is 2.60. The van der Waals surface area contributed by atoms with Crippen LogP contribution in [0, 0.1) is 6.92 Å². The molecule has 0 fully saturated rings. The number of hydrogen-bond acceptors (Lipinski definition) is 3. The fraction of sp³-hybridized carbons (Fsp3) is 0.381. The van der Waals surface area contributed by atoms with Gasteiger partial charge in [0.05, 0.1) is 13.5 Å². The molecule has 24 heavy (non-hydrogen) atoms. The van der Waals surface area contributed by atoms with Crippen molar-refractivity contribution in [2.75, 3.05) is 7.11 Å². The molecule has 0 spiro atoms. The fourth-order valence-electron chi connectivity index (χ4n) is 2.87. The molecule has 0 saturated heterocycles. The number of aryl methyl sites for hydroxylation is 3. The van der Waals surface area contributed by atoms with E-state index in [1.54, 1.807) is 0 Å². The highest BCUT2D eigenvalue weighted by atomic mass is 16.5. The maximum Gasteiger partial charge on any atom is 0.309 e. The van der Waals surface area contributed by atoms with Crippen LogP contribution < -0.4 is 4.74 Å². The van der Waals surface area contributed by atoms with E-state index in [2.05, 4.69) is 39.0 Å². The van der Waals surface area contributed by atoms with E-state index in [-0.39, 0.29) is 12.4 Å². The quantitative estimate of drug-likeness (QED) is 0.707. The predicted molar refractivity (Wildman–Crippen MR) is 96.4 cm³/mol. The Kier molecular flexibility index (Phi) is 6.42. The summed E-state index contributed by atoms with van der Waals surface area (Å²) in [6, 6.07) is 12.3. The monoisotopic (exact) mass is 326 g/mol. The largest absolute Gasteiger partial charge is 0.489 e. The lowest BCUT2D eigenvalue weighted by molar-refractivity contribution is -0.139. The minimum atomic E-state index is -0.228. The van der Waals surface area contributed by atoms with E-state index in [0.717, 1.165) is 29.7 Å². The molecule has 128 valence electrons. The minimum Gasteiger partial charge on any atom is -0.489 e. The van der Waals surface area contributed by atoms with Crippen LogP contribution in [0.3, 0.4) is 0 Å². The molecule has 0 aliphatic carbocycles. The van der Waals surface area contributed by atoms with Crippen molar-refractivity contribution in [3.8, 4) is 5.75 Å². The van der Waals surface area contributed by atoms with Crippen molar-refractivity contribution in [1.82, 2.24) is 0 Å². The van der Waals surface area contributed by atoms with E-state index in [9.17, 15) is 4.79 Å². The highest BCUT2D eigenvalue weighted by Gasteiger charge is 2.13. The molecule has 3 nitrogen and oxygen atoms in total. The topological polar surface area (TPSA) is 35.5 Å². The molecule has 0 aromatic heterocycles. The molecule has 2 aromatic carbocycles. The van der Waals surface area contributed by atoms with E-state index in [0.29, 0.717) is 6.61 Å². The van der Waals surface area contributed by atoms with Crippen LogP contribution in [-0.4, -0.2) is 13.1 Å². The summed E-state index contributed by atoms with van der Waals surface area (Å²) in [4.78, 5) is 11.7. The Labute approximate surface area is 144 Å². The Morgan fingerprint density at radius 1 is 1.00 bits per heavy atom. The van der Waals surface area contributed by atoms with Crippen molar-refractivity contribution < 1.29 is 14.3 Å². The van der Waals surface area contributed by atoms with E-state index < -0.39 is 0 Å². The molecular weight excluding hydrogens is 300 g/mol. The second-order valence-corrected chi connectivity index (χ2v) is 5.91. The van der Waals surface area contributed by atoms with Gasteiger partial charge in [0, 0.05) is 0 Å². The third kappa shape index (κ3) is 4.38. The summed E-state index contributed by atoms with van der Waals surface area (Å²) >= 11 is 0. The Balaban J connectivity index is 2.26. The molecule has 2 aromatic rings. The smallest absolute Gasteiger partial charge is 0.309 e. The third-order valence-electron chi connectivity index (χ3n) is 4.28. The highest BCUT2D eigenvalue weighted by Crippen LogP contribution is 2.24. The van der Waals surface area contributed by atoms with Crippen molar-refractivity contribution in [2.45, 2.75) is 46.6 Å². The Morgan fingerprint density at radius 3 is 2.38 bits per heavy atom. The Morgan fingerprint density at radius 2 is 1.71 bits per heavy atom. The van der Waals surface area contributed by atoms with Gasteiger partial charge in [-0.15, -0.1) is 0 Å². The Hall–Kier alpha value is -2.29. The third-order valence-corrected chi connectivity index (χ3v) is 4.28. The number of carbonyl (C=O) groups is 1. The molecule has 0 atom stereocenters. The molecule has 0 unspecified atom stereocenters. The number of ether oxygens (including phenoxy) is 2. The second kappa shape index (κ2) is 8.53. The summed E-state index contributed by atoms with van der Waals surface area (Å²) in [5.41, 5.74) is 5.72. The van der Waals surface area contributed by atoms with Crippen LogP contribution in [0.2, 0.25) is 0 Å². The van der Waals surface area contributed by atoms with Gasteiger partial charge in [0.2, 0.25) is 0 Å². The summed E-state index contributed by atoms with van der Waals surface area (Å²) in [6.07, 6.45) is 2.11. The lowest BCUT2D eigenvalue weighted by atomic mass is 9.97. The molecule has 2 rings (SSSR count). The molecule has 0 aliphatic heterocycles. The molecule has 0 amide bonds. The Bertz CT molecular complexity index is 704. The van der Waals surface area contributed by atoms with E-state index in [4.69, 9.17) is 9.47 Å². The van der Waals surface area contributed by atoms with E-state index in [1.165, 1.54) is 23.8 Å². The van der Waals surface area contributed by atoms with Gasteiger partial charge in [0.15, 0.2) is 0 Å². The minimum absolute atomic E-state index is 0.228. The van der Waals surface area contributed by atoms with Crippen LogP contribution in [0.1, 0.15) is 41.7 Å². The number of methoxy groups -OCH3 is 1. The van der Waals surface area contributed by atoms with Gasteiger partial charge >= 0.3 is 5.97 Å². The second-order valence-electron chi connectivity index (χ2n) is 5.91. The summed E-state index contributed by atoms with van der Waals surface area (Å²) in [7, 11) is 1.42. The highest BCUT2D eigenvalue weighted by molar-refractivity contribution is 5.73. The van der Waals surface area contributed by atoms with Gasteiger partial charge in [-0.2, -0.15) is 0 Å². The SMILES string of the molecule is CCc1cc(C)ccc1OCc1c(CC)cccc1CC(=O)OC. The van der Waals surface area contributed by atoms with Crippen LogP contribution in [0.5, 0.6) is 5.75 Å². The molecular formula is C21H26O3. The number of benzene rings is 2. The number of rotatable bonds is 7. The average molecular weight is 326 g/mol. The van der Waals surface area contributed by atoms with Crippen LogP contribution >= 0.6 is 0 Å². The van der Waals surface area contributed by atoms with E-state index >= 15 is 0 Å². The molecule has 3 heteroatoms. The molecule has 0 bridgehead atoms. The van der Waals surface area contributed by atoms with Crippen LogP contribution in [0.4, 0.5) is 0 Å². The molecule has 0 aliphatic rings. The summed E-state index contributed by atoms with van der Waals surface area (Å²) in [6.45, 7) is 6.80. The molecule has 0 saturated carbocycles. The lowest BCUT2D eigenvalue weighted by Crippen LogP contribution is -2.10. The lowest BCUT2D eigenvalue weighted by Gasteiger charge is -2.16. The maximum atomic E-state index is 11.7. The summed E-state index contributed by atoms with van der Waals surface area (Å²) < 4.78 is 10.9. The molecule has 0 radical (unpaired) electrons. The van der Waals surface area contributed by atoms with Crippen molar-refractivity contribution >= 4 is 5.97 Å². The summed E-state index contributed by atoms with van der Waals surface area (Å²) in [5, 5.41) is 0. The fourth-order valence-corrected chi connectivity index (χ4v) is 2.87. The van der Waals surface area contributed by atoms with Gasteiger partial charge in [-0.3, -0.25) is 4.79 Å². The van der Waals surface area contributed by atoms with Crippen LogP contribution in [0.15, 0.2) is 36.4 Å². The molecule has 0 N–H and O–H groups in total. The molecule has 0 heterocycles. The van der Waals surface area contributed by atoms with Gasteiger partial charge < -0.3 is 9.47 Å². The first-order valence-electron chi connectivity index (χ1n) is 8.47. The summed E-state index contributed by atoms with van der Waals surface area (Å²) in [5.74, 6) is 0.687. The number of carbonyl (C=O) groups excluding carboxylic acids is 1. The predicted octanol–water partition coefficient (Wildman–Crippen LogP) is 4.41. The van der Waals surface area contributed by atoms with E-state index in [1.807, 2.05) is 18.2 Å². The zero-order valence-corrected chi connectivity index (χ0v) is 15.0. The van der Waals surface area contributed by atoms with Gasteiger partial charge in [0.25, 0.3) is 0 Å². The van der Waals surface area contributed by atoms with Crippen LogP contribution in [-0.2, 0) is 35.4 Å². The number of esters is 1. The zero-order valence-electron chi connectivity index (χ0n) is 15.0. The van der Waals surface area contributed by atoms with Crippen molar-refractivity contribution in [2.24, 2.45) is 0 Å². The van der Waals surface area contributed by atoms with Crippen LogP contribution in [0.25, 0.3) is 0 Å². The van der Waals surface area contributed by atoms with Crippen molar-refractivity contribution in [3.63, 3.8) is 0 Å². The van der Waals surface area contributed by atoms with Crippen molar-refractivity contribution in [3.05, 3.63) is 64.2 Å². The first-order chi connectivity index (χ1) is 11.6. The van der Waals surface area contributed by atoms with Gasteiger partial charge in [-0.05, 0) is 48.1 Å². The number of hydrogen-bond donors (Lipinski definition) is 0. The van der Waals surface area contributed by atoms with Gasteiger partial charge in [-0.1, -0.05) is 49.7 Å². The normalized spacial score (nSPS) is 10.5. The van der Waals surface area contributed by atoms with Gasteiger partial charge in [-0.25, -0.2) is 0 Å². The first-order valence-corrected chi connectivity index (χ1v) is 8.47. The maximum absolute atomic E-state index is 11.7. The standard InChI is InChI=1S/C21H26O3/c1-5-16-8-7-9-18(13-21(22)23-4)19(16)14-24-20-11-10-15(3)12-17(20)6-2/h7-12H,5-6,13-14H2,1-4H3.